The van der Waals surface area contributed by atoms with Crippen LogP contribution >= 0.6 is 11.8 Å². The van der Waals surface area contributed by atoms with Crippen LogP contribution in [0.4, 0.5) is 5.69 Å². The van der Waals surface area contributed by atoms with Gasteiger partial charge in [-0.05, 0) is 12.1 Å². The van der Waals surface area contributed by atoms with Gasteiger partial charge in [0.2, 0.25) is 10.0 Å². The van der Waals surface area contributed by atoms with E-state index in [0.717, 1.165) is 28.6 Å². The van der Waals surface area contributed by atoms with E-state index in [4.69, 9.17) is 5.11 Å². The molecular weight excluding hydrogens is 308 g/mol. The Kier molecular flexibility index (Phi) is 3.97. The Morgan fingerprint density at radius 1 is 1.40 bits per heavy atom. The molecule has 1 atom stereocenters. The monoisotopic (exact) mass is 318 g/mol. The molecule has 1 N–H and O–H groups in total. The average Bonchev–Trinajstić information content (AvgIpc) is 2.89. The van der Waals surface area contributed by atoms with E-state index < -0.39 is 27.0 Å². The topological polar surface area (TPSA) is 118 Å². The largest absolute Gasteiger partial charge is 0.480 e. The molecule has 0 aromatic heterocycles. The Balaban J connectivity index is 2.35. The third kappa shape index (κ3) is 2.62. The first kappa shape index (κ1) is 14.8. The van der Waals surface area contributed by atoms with Crippen molar-refractivity contribution in [3.63, 3.8) is 0 Å². The second kappa shape index (κ2) is 5.38. The highest BCUT2D eigenvalue weighted by Crippen LogP contribution is 2.29. The van der Waals surface area contributed by atoms with E-state index in [9.17, 15) is 23.3 Å². The van der Waals surface area contributed by atoms with E-state index >= 15 is 0 Å². The summed E-state index contributed by atoms with van der Waals surface area (Å²) in [5, 5.41) is 19.5. The van der Waals surface area contributed by atoms with E-state index in [-0.39, 0.29) is 22.2 Å². The van der Waals surface area contributed by atoms with E-state index in [1.165, 1.54) is 11.8 Å². The minimum atomic E-state index is -3.97. The van der Waals surface area contributed by atoms with Crippen molar-refractivity contribution in [2.75, 3.05) is 11.6 Å². The summed E-state index contributed by atoms with van der Waals surface area (Å²) in [6, 6.07) is 3.25. The number of hydrogen-bond acceptors (Lipinski definition) is 6. The highest BCUT2D eigenvalue weighted by atomic mass is 32.2. The van der Waals surface area contributed by atoms with Gasteiger partial charge in [-0.25, -0.2) is 8.42 Å². The van der Waals surface area contributed by atoms with Gasteiger partial charge in [-0.3, -0.25) is 14.9 Å². The van der Waals surface area contributed by atoms with Crippen molar-refractivity contribution in [3.05, 3.63) is 34.4 Å². The molecule has 0 saturated carbocycles. The molecule has 0 radical (unpaired) electrons. The van der Waals surface area contributed by atoms with Crippen molar-refractivity contribution >= 4 is 33.4 Å². The van der Waals surface area contributed by atoms with Crippen molar-refractivity contribution in [2.45, 2.75) is 10.9 Å². The molecule has 0 bridgehead atoms. The first-order valence-corrected chi connectivity index (χ1v) is 8.00. The summed E-state index contributed by atoms with van der Waals surface area (Å²) in [6.07, 6.45) is 0. The lowest BCUT2D eigenvalue weighted by Gasteiger charge is -2.19. The van der Waals surface area contributed by atoms with Crippen molar-refractivity contribution < 1.29 is 23.2 Å². The summed E-state index contributed by atoms with van der Waals surface area (Å²) < 4.78 is 25.5. The van der Waals surface area contributed by atoms with Crippen molar-refractivity contribution in [3.8, 4) is 0 Å². The molecule has 1 aliphatic rings. The van der Waals surface area contributed by atoms with Crippen LogP contribution < -0.4 is 0 Å². The Bertz CT molecular complexity index is 642. The lowest BCUT2D eigenvalue weighted by atomic mass is 10.3. The number of sulfonamides is 1. The lowest BCUT2D eigenvalue weighted by molar-refractivity contribution is -0.384. The summed E-state index contributed by atoms with van der Waals surface area (Å²) in [5.74, 6) is -0.974. The van der Waals surface area contributed by atoms with Crippen molar-refractivity contribution in [1.29, 1.82) is 0 Å². The van der Waals surface area contributed by atoms with E-state index in [2.05, 4.69) is 0 Å². The van der Waals surface area contributed by atoms with Crippen LogP contribution in [-0.2, 0) is 14.8 Å². The van der Waals surface area contributed by atoms with Gasteiger partial charge < -0.3 is 5.11 Å². The van der Waals surface area contributed by atoms with Crippen LogP contribution in [-0.4, -0.2) is 46.4 Å². The molecule has 8 nitrogen and oxygen atoms in total. The standard InChI is InChI=1S/C10H10N2O6S2/c13-10(14)9-5-19-6-11(9)20(17,18)8-3-1-7(2-4-8)12(15)16/h1-4,9H,5-6H2,(H,13,14)/t9-/m0/s1. The normalized spacial score (nSPS) is 19.9. The molecular formula is C10H10N2O6S2. The van der Waals surface area contributed by atoms with Gasteiger partial charge in [0.15, 0.2) is 0 Å². The summed E-state index contributed by atoms with van der Waals surface area (Å²) in [7, 11) is -3.97. The van der Waals surface area contributed by atoms with E-state index in [0.29, 0.717) is 0 Å². The first-order valence-electron chi connectivity index (χ1n) is 5.41. The second-order valence-electron chi connectivity index (χ2n) is 4.00. The fourth-order valence-corrected chi connectivity index (χ4v) is 4.87. The SMILES string of the molecule is O=C(O)[C@@H]1CSCN1S(=O)(=O)c1ccc([N+](=O)[O-])cc1. The summed E-state index contributed by atoms with van der Waals surface area (Å²) in [5.41, 5.74) is -0.227. The molecule has 20 heavy (non-hydrogen) atoms. The Labute approximate surface area is 118 Å². The fourth-order valence-electron chi connectivity index (χ4n) is 1.73. The number of thioether (sulfide) groups is 1. The zero-order valence-corrected chi connectivity index (χ0v) is 11.6. The zero-order valence-electron chi connectivity index (χ0n) is 10.0. The molecule has 108 valence electrons. The van der Waals surface area contributed by atoms with Crippen molar-refractivity contribution in [1.82, 2.24) is 4.31 Å². The zero-order chi connectivity index (χ0) is 14.9. The summed E-state index contributed by atoms with van der Waals surface area (Å²) >= 11 is 1.21. The van der Waals surface area contributed by atoms with Crippen molar-refractivity contribution in [2.24, 2.45) is 0 Å². The highest BCUT2D eigenvalue weighted by Gasteiger charge is 2.40. The van der Waals surface area contributed by atoms with E-state index in [1.54, 1.807) is 0 Å². The molecule has 10 heteroatoms. The molecule has 1 saturated heterocycles. The Morgan fingerprint density at radius 2 is 2.00 bits per heavy atom. The lowest BCUT2D eigenvalue weighted by Crippen LogP contribution is -2.41. The second-order valence-corrected chi connectivity index (χ2v) is 6.89. The van der Waals surface area contributed by atoms with Crippen LogP contribution in [0.15, 0.2) is 29.2 Å². The number of nitro groups is 1. The quantitative estimate of drug-likeness (QED) is 0.642. The Hall–Kier alpha value is -1.65. The number of nitrogens with zero attached hydrogens (tertiary/aromatic N) is 2. The average molecular weight is 318 g/mol. The molecule has 1 aromatic rings. The van der Waals surface area contributed by atoms with Crippen LogP contribution in [0, 0.1) is 10.1 Å². The maximum absolute atomic E-state index is 12.3. The summed E-state index contributed by atoms with van der Waals surface area (Å²) in [6.45, 7) is 0. The molecule has 1 aromatic carbocycles. The molecule has 1 fully saturated rings. The van der Waals surface area contributed by atoms with Gasteiger partial charge in [-0.2, -0.15) is 4.31 Å². The van der Waals surface area contributed by atoms with E-state index in [1.807, 2.05) is 0 Å². The number of hydrogen-bond donors (Lipinski definition) is 1. The van der Waals surface area contributed by atoms with Gasteiger partial charge >= 0.3 is 5.97 Å². The predicted octanol–water partition coefficient (Wildman–Crippen LogP) is 0.743. The number of non-ortho nitro benzene ring substituents is 1. The number of carboxylic acids is 1. The molecule has 0 spiro atoms. The molecule has 2 rings (SSSR count). The third-order valence-electron chi connectivity index (χ3n) is 2.78. The Morgan fingerprint density at radius 3 is 2.50 bits per heavy atom. The number of carbonyl (C=O) groups is 1. The number of nitro benzene ring substituents is 1. The van der Waals surface area contributed by atoms with Crippen LogP contribution in [0.25, 0.3) is 0 Å². The number of benzene rings is 1. The van der Waals surface area contributed by atoms with Gasteiger partial charge in [0.1, 0.15) is 6.04 Å². The molecule has 1 aliphatic heterocycles. The number of rotatable bonds is 4. The van der Waals surface area contributed by atoms with Crippen LogP contribution in [0.2, 0.25) is 0 Å². The minimum Gasteiger partial charge on any atom is -0.480 e. The van der Waals surface area contributed by atoms with Gasteiger partial charge in [0.05, 0.1) is 15.7 Å². The predicted molar refractivity (Wildman–Crippen MR) is 70.9 cm³/mol. The van der Waals surface area contributed by atoms with Gasteiger partial charge in [-0.1, -0.05) is 0 Å². The number of carboxylic acid groups (broad SMARTS) is 1. The van der Waals surface area contributed by atoms with Gasteiger partial charge in [0, 0.05) is 17.9 Å². The number of aliphatic carboxylic acids is 1. The fraction of sp³-hybridized carbons (Fsp3) is 0.300. The van der Waals surface area contributed by atoms with Crippen LogP contribution in [0.3, 0.4) is 0 Å². The molecule has 0 aliphatic carbocycles. The maximum atomic E-state index is 12.3. The van der Waals surface area contributed by atoms with Gasteiger partial charge in [0.25, 0.3) is 5.69 Å². The molecule has 0 unspecified atom stereocenters. The molecule has 0 amide bonds. The summed E-state index contributed by atoms with van der Waals surface area (Å²) in [4.78, 5) is 20.8. The smallest absolute Gasteiger partial charge is 0.322 e. The minimum absolute atomic E-state index is 0.0519. The maximum Gasteiger partial charge on any atom is 0.322 e. The van der Waals surface area contributed by atoms with Crippen LogP contribution in [0.1, 0.15) is 0 Å². The van der Waals surface area contributed by atoms with Gasteiger partial charge in [-0.15, -0.1) is 11.8 Å². The first-order chi connectivity index (χ1) is 9.34. The third-order valence-corrected chi connectivity index (χ3v) is 5.83. The highest BCUT2D eigenvalue weighted by molar-refractivity contribution is 8.00. The van der Waals surface area contributed by atoms with Crippen LogP contribution in [0.5, 0.6) is 0 Å². The molecule has 1 heterocycles.